The van der Waals surface area contributed by atoms with E-state index in [-0.39, 0.29) is 5.69 Å². The first-order valence-electron chi connectivity index (χ1n) is 6.29. The van der Waals surface area contributed by atoms with E-state index >= 15 is 0 Å². The van der Waals surface area contributed by atoms with Crippen LogP contribution in [-0.4, -0.2) is 20.2 Å². The first kappa shape index (κ1) is 14.0. The van der Waals surface area contributed by atoms with Crippen LogP contribution in [0.1, 0.15) is 16.1 Å². The molecule has 0 fully saturated rings. The Labute approximate surface area is 131 Å². The molecule has 0 atom stereocenters. The smallest absolute Gasteiger partial charge is 0.352 e. The van der Waals surface area contributed by atoms with Crippen molar-refractivity contribution in [2.45, 2.75) is 6.54 Å². The van der Waals surface area contributed by atoms with Gasteiger partial charge in [0.1, 0.15) is 5.69 Å². The highest BCUT2D eigenvalue weighted by atomic mass is 35.5. The molecule has 0 amide bonds. The van der Waals surface area contributed by atoms with Gasteiger partial charge in [0, 0.05) is 19.8 Å². The fraction of sp³-hybridized carbons (Fsp3) is 0.133. The van der Waals surface area contributed by atoms with Crippen LogP contribution >= 0.6 is 23.2 Å². The maximum Gasteiger partial charge on any atom is 0.352 e. The average Bonchev–Trinajstić information content (AvgIpc) is 2.96. The quantitative estimate of drug-likeness (QED) is 0.791. The molecule has 3 rings (SSSR count). The lowest BCUT2D eigenvalue weighted by Crippen LogP contribution is -2.09. The lowest BCUT2D eigenvalue weighted by molar-refractivity contribution is 0.0686. The molecule has 0 radical (unpaired) electrons. The molecular formula is C15H12Cl2N2O2. The van der Waals surface area contributed by atoms with E-state index in [4.69, 9.17) is 23.2 Å². The molecule has 4 nitrogen and oxygen atoms in total. The molecule has 0 aliphatic heterocycles. The van der Waals surface area contributed by atoms with E-state index in [2.05, 4.69) is 0 Å². The zero-order valence-corrected chi connectivity index (χ0v) is 12.7. The van der Waals surface area contributed by atoms with Crippen LogP contribution in [0.15, 0.2) is 36.5 Å². The standard InChI is InChI=1S/C15H12Cl2N2O2/c1-18-5-4-12-13(18)7-14(15(20)21)19(12)8-9-2-3-10(16)11(17)6-9/h2-7H,8H2,1H3,(H,20,21). The van der Waals surface area contributed by atoms with Gasteiger partial charge in [-0.15, -0.1) is 0 Å². The minimum absolute atomic E-state index is 0.252. The number of aromatic nitrogens is 2. The molecule has 6 heteroatoms. The normalized spacial score (nSPS) is 11.2. The van der Waals surface area contributed by atoms with Crippen molar-refractivity contribution in [2.24, 2.45) is 7.05 Å². The zero-order valence-electron chi connectivity index (χ0n) is 11.2. The highest BCUT2D eigenvalue weighted by Gasteiger charge is 2.16. The number of hydrogen-bond donors (Lipinski definition) is 1. The van der Waals surface area contributed by atoms with Crippen LogP contribution in [-0.2, 0) is 13.6 Å². The fourth-order valence-corrected chi connectivity index (χ4v) is 2.76. The van der Waals surface area contributed by atoms with Crippen LogP contribution in [0.5, 0.6) is 0 Å². The van der Waals surface area contributed by atoms with Crippen LogP contribution in [0.2, 0.25) is 10.0 Å². The van der Waals surface area contributed by atoms with Crippen LogP contribution in [0, 0.1) is 0 Å². The zero-order chi connectivity index (χ0) is 15.1. The highest BCUT2D eigenvalue weighted by Crippen LogP contribution is 2.26. The third-order valence-corrected chi connectivity index (χ3v) is 4.24. The second-order valence-corrected chi connectivity index (χ2v) is 5.68. The lowest BCUT2D eigenvalue weighted by atomic mass is 10.2. The molecule has 1 aromatic carbocycles. The van der Waals surface area contributed by atoms with Gasteiger partial charge in [-0.3, -0.25) is 0 Å². The van der Waals surface area contributed by atoms with E-state index in [9.17, 15) is 9.90 Å². The molecule has 0 saturated carbocycles. The van der Waals surface area contributed by atoms with E-state index in [1.54, 1.807) is 22.8 Å². The highest BCUT2D eigenvalue weighted by molar-refractivity contribution is 6.42. The number of carboxylic acid groups (broad SMARTS) is 1. The van der Waals surface area contributed by atoms with Crippen molar-refractivity contribution in [3.05, 3.63) is 57.8 Å². The van der Waals surface area contributed by atoms with Crippen molar-refractivity contribution < 1.29 is 9.90 Å². The Balaban J connectivity index is 2.12. The van der Waals surface area contributed by atoms with E-state index < -0.39 is 5.97 Å². The first-order chi connectivity index (χ1) is 9.97. The number of rotatable bonds is 3. The van der Waals surface area contributed by atoms with Crippen molar-refractivity contribution >= 4 is 40.2 Å². The number of carbonyl (C=O) groups is 1. The van der Waals surface area contributed by atoms with Gasteiger partial charge in [-0.2, -0.15) is 0 Å². The number of fused-ring (bicyclic) bond motifs is 1. The Morgan fingerprint density at radius 1 is 1.14 bits per heavy atom. The van der Waals surface area contributed by atoms with Crippen molar-refractivity contribution in [3.8, 4) is 0 Å². The molecule has 0 unspecified atom stereocenters. The number of benzene rings is 1. The van der Waals surface area contributed by atoms with Gasteiger partial charge in [-0.05, 0) is 29.8 Å². The molecular weight excluding hydrogens is 311 g/mol. The van der Waals surface area contributed by atoms with E-state index in [1.165, 1.54) is 0 Å². The van der Waals surface area contributed by atoms with E-state index in [1.807, 2.05) is 29.9 Å². The summed E-state index contributed by atoms with van der Waals surface area (Å²) in [6, 6.07) is 8.89. The van der Waals surface area contributed by atoms with E-state index in [0.29, 0.717) is 16.6 Å². The van der Waals surface area contributed by atoms with Crippen molar-refractivity contribution in [2.75, 3.05) is 0 Å². The number of aryl methyl sites for hydroxylation is 1. The predicted octanol–water partition coefficient (Wildman–Crippen LogP) is 4.03. The Bertz CT molecular complexity index is 849. The molecule has 0 bridgehead atoms. The second-order valence-electron chi connectivity index (χ2n) is 4.87. The number of nitrogens with zero attached hydrogens (tertiary/aromatic N) is 2. The average molecular weight is 323 g/mol. The number of aromatic carboxylic acids is 1. The topological polar surface area (TPSA) is 47.2 Å². The van der Waals surface area contributed by atoms with Gasteiger partial charge in [-0.25, -0.2) is 4.79 Å². The van der Waals surface area contributed by atoms with Gasteiger partial charge in [0.05, 0.1) is 21.1 Å². The Morgan fingerprint density at radius 2 is 1.90 bits per heavy atom. The molecule has 0 aliphatic carbocycles. The Morgan fingerprint density at radius 3 is 2.57 bits per heavy atom. The maximum atomic E-state index is 11.4. The molecule has 0 aliphatic rings. The minimum Gasteiger partial charge on any atom is -0.477 e. The summed E-state index contributed by atoms with van der Waals surface area (Å²) < 4.78 is 3.66. The molecule has 108 valence electrons. The van der Waals surface area contributed by atoms with Crippen LogP contribution in [0.25, 0.3) is 11.0 Å². The number of halogens is 2. The van der Waals surface area contributed by atoms with Crippen LogP contribution in [0.4, 0.5) is 0 Å². The van der Waals surface area contributed by atoms with Gasteiger partial charge in [-0.1, -0.05) is 29.3 Å². The molecule has 2 heterocycles. The Kier molecular flexibility index (Phi) is 3.43. The van der Waals surface area contributed by atoms with Crippen molar-refractivity contribution in [1.82, 2.24) is 9.13 Å². The fourth-order valence-electron chi connectivity index (χ4n) is 2.44. The number of carboxylic acids is 1. The van der Waals surface area contributed by atoms with Gasteiger partial charge in [0.15, 0.2) is 0 Å². The van der Waals surface area contributed by atoms with Crippen molar-refractivity contribution in [1.29, 1.82) is 0 Å². The van der Waals surface area contributed by atoms with Crippen LogP contribution < -0.4 is 0 Å². The lowest BCUT2D eigenvalue weighted by Gasteiger charge is -2.08. The van der Waals surface area contributed by atoms with Crippen molar-refractivity contribution in [3.63, 3.8) is 0 Å². The summed E-state index contributed by atoms with van der Waals surface area (Å²) in [4.78, 5) is 11.4. The third kappa shape index (κ3) is 2.41. The maximum absolute atomic E-state index is 11.4. The molecule has 0 spiro atoms. The van der Waals surface area contributed by atoms with Gasteiger partial charge in [0.25, 0.3) is 0 Å². The predicted molar refractivity (Wildman–Crippen MR) is 83.4 cm³/mol. The van der Waals surface area contributed by atoms with Gasteiger partial charge < -0.3 is 14.2 Å². The summed E-state index contributed by atoms with van der Waals surface area (Å²) in [5.41, 5.74) is 2.91. The summed E-state index contributed by atoms with van der Waals surface area (Å²) in [7, 11) is 1.89. The monoisotopic (exact) mass is 322 g/mol. The molecule has 1 N–H and O–H groups in total. The second kappa shape index (κ2) is 5.13. The van der Waals surface area contributed by atoms with Crippen LogP contribution in [0.3, 0.4) is 0 Å². The van der Waals surface area contributed by atoms with Gasteiger partial charge in [0.2, 0.25) is 0 Å². The summed E-state index contributed by atoms with van der Waals surface area (Å²) in [6.07, 6.45) is 1.90. The molecule has 0 saturated heterocycles. The minimum atomic E-state index is -0.953. The third-order valence-electron chi connectivity index (χ3n) is 3.50. The summed E-state index contributed by atoms with van der Waals surface area (Å²) >= 11 is 11.9. The summed E-state index contributed by atoms with van der Waals surface area (Å²) in [5.74, 6) is -0.953. The molecule has 2 aromatic heterocycles. The summed E-state index contributed by atoms with van der Waals surface area (Å²) in [6.45, 7) is 0.423. The summed E-state index contributed by atoms with van der Waals surface area (Å²) in [5, 5.41) is 10.3. The van der Waals surface area contributed by atoms with Gasteiger partial charge >= 0.3 is 5.97 Å². The number of hydrogen-bond acceptors (Lipinski definition) is 1. The Hall–Kier alpha value is -1.91. The first-order valence-corrected chi connectivity index (χ1v) is 7.05. The SMILES string of the molecule is Cn1ccc2c1cc(C(=O)O)n2Cc1ccc(Cl)c(Cl)c1. The van der Waals surface area contributed by atoms with E-state index in [0.717, 1.165) is 16.6 Å². The molecule has 3 aromatic rings. The largest absolute Gasteiger partial charge is 0.477 e. The molecule has 21 heavy (non-hydrogen) atoms.